The van der Waals surface area contributed by atoms with Gasteiger partial charge in [0.25, 0.3) is 0 Å². The van der Waals surface area contributed by atoms with Crippen molar-refractivity contribution < 1.29 is 15.7 Å². The summed E-state index contributed by atoms with van der Waals surface area (Å²) in [5.41, 5.74) is 11.1. The van der Waals surface area contributed by atoms with Crippen LogP contribution in [0.1, 0.15) is 74.8 Å². The molecule has 0 bridgehead atoms. The van der Waals surface area contributed by atoms with Gasteiger partial charge in [-0.25, -0.2) is 9.97 Å². The van der Waals surface area contributed by atoms with Crippen LogP contribution in [0.5, 0.6) is 11.6 Å². The van der Waals surface area contributed by atoms with E-state index < -0.39 is 37.2 Å². The van der Waals surface area contributed by atoms with Gasteiger partial charge in [-0.3, -0.25) is 4.57 Å². The second-order valence-corrected chi connectivity index (χ2v) is 21.7. The molecule has 9 nitrogen and oxygen atoms in total. The van der Waals surface area contributed by atoms with E-state index in [0.717, 1.165) is 66.6 Å². The number of para-hydroxylation sites is 4. The molecule has 79 heavy (non-hydrogen) atoms. The maximum absolute atomic E-state index is 9.25. The molecular weight excluding hydrogens is 966 g/mol. The highest BCUT2D eigenvalue weighted by molar-refractivity contribution is 6.67. The Hall–Kier alpha value is -9.21. The van der Waals surface area contributed by atoms with Crippen LogP contribution in [0, 0.1) is 0 Å². The van der Waals surface area contributed by atoms with Gasteiger partial charge < -0.3 is 29.7 Å². The number of rotatable bonds is 8. The minimum absolute atomic E-state index is 0.0675. The number of hydrogen-bond donors (Lipinski definition) is 2. The Bertz CT molecular complexity index is 4410. The van der Waals surface area contributed by atoms with Gasteiger partial charge in [0, 0.05) is 64.4 Å². The summed E-state index contributed by atoms with van der Waals surface area (Å²) >= 11 is 0. The first-order chi connectivity index (χ1) is 41.7. The number of aryl methyl sites for hydroxylation is 1. The van der Waals surface area contributed by atoms with Crippen LogP contribution < -0.4 is 25.2 Å². The van der Waals surface area contributed by atoms with Crippen molar-refractivity contribution in [3.05, 3.63) is 247 Å². The SMILES string of the molecule is [2H]c1c([2H])c([2H])c(-c2cc(N3CN(c4c(/C5=C/C=C\N/C=C\C=C/[B]5)cc(C(C)(C)C)cc4/C4=C/C=C\N/C=C\C=C/[B]4)c4ccccc43)cc(Oc3ccc4c5cc(C(C)(C)C)ccc5n(-c5nc6ccccc6n5C([2H])([2H])[2H])c4c3)n2)c([2H])c1[2H]. The Balaban J connectivity index is 1.07. The molecule has 386 valence electrons. The third-order valence-electron chi connectivity index (χ3n) is 14.4. The molecule has 2 radical (unpaired) electrons. The minimum atomic E-state index is -2.61. The Labute approximate surface area is 476 Å². The first-order valence-corrected chi connectivity index (χ1v) is 26.4. The van der Waals surface area contributed by atoms with Crippen molar-refractivity contribution in [3.8, 4) is 28.8 Å². The Morgan fingerprint density at radius 1 is 0.595 bits per heavy atom. The van der Waals surface area contributed by atoms with Gasteiger partial charge >= 0.3 is 0 Å². The zero-order valence-electron chi connectivity index (χ0n) is 52.9. The first-order valence-electron chi connectivity index (χ1n) is 30.4. The van der Waals surface area contributed by atoms with E-state index in [4.69, 9.17) is 22.9 Å². The van der Waals surface area contributed by atoms with Gasteiger partial charge in [-0.15, -0.1) is 12.0 Å². The predicted molar refractivity (Wildman–Crippen MR) is 333 cm³/mol. The van der Waals surface area contributed by atoms with Crippen molar-refractivity contribution in [2.24, 2.45) is 6.98 Å². The standard InChI is InChI=1S/C68H62B2N8O/c1-67(2,3)47-29-32-59-52(39-47)51-31-30-50(44-63(51)78(59)66-74-57-25-11-12-26-60(57)75(66)7)79-64-43-49(42-58(73-64)46-21-9-8-10-22-46)76-45-77(62-28-14-13-27-61(62)76)65-53(55-23-19-37-71-35-17-15-33-69-55)40-48(68(4,5)6)41-54(65)56-24-20-38-72-36-18-16-34-70-56/h8-44,71-72H,45H2,1-7H3/b33-15-,34-16-,35-17-,36-18-,37-19-,38-20-,55-23-,56-24-/i7D3,8D,9D,10D,21D,22D. The van der Waals surface area contributed by atoms with Crippen LogP contribution in [0.15, 0.2) is 225 Å². The largest absolute Gasteiger partial charge is 0.439 e. The Kier molecular flexibility index (Phi) is 11.1. The van der Waals surface area contributed by atoms with E-state index in [9.17, 15) is 2.74 Å². The lowest BCUT2D eigenvalue weighted by Gasteiger charge is -2.31. The van der Waals surface area contributed by atoms with Gasteiger partial charge in [0.15, 0.2) is 14.6 Å². The molecule has 3 aliphatic rings. The molecule has 11 heteroatoms. The number of ether oxygens (including phenoxy) is 1. The number of nitrogens with one attached hydrogen (secondary N) is 2. The third kappa shape index (κ3) is 10.0. The Morgan fingerprint density at radius 2 is 1.25 bits per heavy atom. The van der Waals surface area contributed by atoms with Gasteiger partial charge in [-0.2, -0.15) is 0 Å². The van der Waals surface area contributed by atoms with Crippen molar-refractivity contribution >= 4 is 81.1 Å². The van der Waals surface area contributed by atoms with E-state index in [0.29, 0.717) is 28.0 Å². The monoisotopic (exact) mass is 1040 g/mol. The average Bonchev–Trinajstić information content (AvgIpc) is 1.65. The normalized spacial score (nSPS) is 20.0. The molecule has 12 rings (SSSR count). The molecule has 0 spiro atoms. The summed E-state index contributed by atoms with van der Waals surface area (Å²) in [7, 11) is 4.24. The minimum Gasteiger partial charge on any atom is -0.439 e. The molecule has 0 aliphatic carbocycles. The molecule has 0 saturated heterocycles. The van der Waals surface area contributed by atoms with Crippen LogP contribution in [0.2, 0.25) is 0 Å². The number of pyridine rings is 1. The number of imidazole rings is 1. The third-order valence-corrected chi connectivity index (χ3v) is 14.4. The molecule has 0 unspecified atom stereocenters. The molecule has 0 amide bonds. The summed E-state index contributed by atoms with van der Waals surface area (Å²) < 4.78 is 81.2. The van der Waals surface area contributed by atoms with E-state index in [1.807, 2.05) is 126 Å². The fraction of sp³-hybridized carbons (Fsp3) is 0.147. The van der Waals surface area contributed by atoms with Crippen LogP contribution in [0.25, 0.3) is 61.0 Å². The number of anilines is 4. The predicted octanol–water partition coefficient (Wildman–Crippen LogP) is 15.7. The fourth-order valence-corrected chi connectivity index (χ4v) is 10.3. The molecule has 0 fully saturated rings. The van der Waals surface area contributed by atoms with E-state index in [1.165, 1.54) is 4.57 Å². The van der Waals surface area contributed by atoms with Crippen molar-refractivity contribution in [1.82, 2.24) is 29.7 Å². The number of aromatic nitrogens is 4. The molecule has 0 saturated carbocycles. The van der Waals surface area contributed by atoms with Crippen LogP contribution in [-0.2, 0) is 17.8 Å². The maximum Gasteiger partial charge on any atom is 0.221 e. The summed E-state index contributed by atoms with van der Waals surface area (Å²) in [6.45, 7) is 10.7. The van der Waals surface area contributed by atoms with E-state index in [2.05, 4.69) is 119 Å². The highest BCUT2D eigenvalue weighted by Crippen LogP contribution is 2.50. The fourth-order valence-electron chi connectivity index (χ4n) is 10.3. The zero-order valence-corrected chi connectivity index (χ0v) is 44.9. The average molecular weight is 1040 g/mol. The summed E-state index contributed by atoms with van der Waals surface area (Å²) in [5, 5.41) is 8.17. The van der Waals surface area contributed by atoms with Crippen molar-refractivity contribution in [3.63, 3.8) is 0 Å². The van der Waals surface area contributed by atoms with Crippen LogP contribution in [-0.4, -0.2) is 40.3 Å². The van der Waals surface area contributed by atoms with Crippen LogP contribution in [0.3, 0.4) is 0 Å². The second-order valence-electron chi connectivity index (χ2n) is 21.7. The lowest BCUT2D eigenvalue weighted by Crippen LogP contribution is -2.27. The van der Waals surface area contributed by atoms with Gasteiger partial charge in [0.05, 0.1) is 57.4 Å². The number of hydrogen-bond acceptors (Lipinski definition) is 7. The number of allylic oxidation sites excluding steroid dienone is 8. The quantitative estimate of drug-likeness (QED) is 0.147. The van der Waals surface area contributed by atoms with E-state index in [-0.39, 0.29) is 40.6 Å². The maximum atomic E-state index is 9.25. The molecule has 2 N–H and O–H groups in total. The summed E-state index contributed by atoms with van der Waals surface area (Å²) in [5.74, 6) is 4.67. The van der Waals surface area contributed by atoms with Gasteiger partial charge in [0.2, 0.25) is 11.8 Å². The van der Waals surface area contributed by atoms with Crippen molar-refractivity contribution in [2.45, 2.75) is 52.4 Å². The number of fused-ring (bicyclic) bond motifs is 5. The van der Waals surface area contributed by atoms with E-state index in [1.54, 1.807) is 30.3 Å². The highest BCUT2D eigenvalue weighted by Gasteiger charge is 2.34. The summed E-state index contributed by atoms with van der Waals surface area (Å²) in [6, 6.07) is 32.9. The molecule has 3 aliphatic heterocycles. The highest BCUT2D eigenvalue weighted by atomic mass is 16.5. The zero-order chi connectivity index (χ0) is 61.1. The molecule has 6 aromatic carbocycles. The topological polar surface area (TPSA) is 75.4 Å². The molecule has 6 heterocycles. The van der Waals surface area contributed by atoms with Crippen LogP contribution in [0.4, 0.5) is 22.7 Å². The van der Waals surface area contributed by atoms with Crippen molar-refractivity contribution in [1.29, 1.82) is 0 Å². The first kappa shape index (κ1) is 41.9. The lowest BCUT2D eigenvalue weighted by molar-refractivity contribution is 0.464. The molecule has 9 aromatic rings. The lowest BCUT2D eigenvalue weighted by atomic mass is 9.62. The molecular formula is C68H62B2N8O. The number of nitrogens with zero attached hydrogens (tertiary/aromatic N) is 6. The second kappa shape index (κ2) is 21.0. The molecule has 0 atom stereocenters. The number of benzene rings is 6. The molecule has 3 aromatic heterocycles. The Morgan fingerprint density at radius 3 is 1.94 bits per heavy atom. The smallest absolute Gasteiger partial charge is 0.221 e. The van der Waals surface area contributed by atoms with Crippen LogP contribution >= 0.6 is 0 Å². The van der Waals surface area contributed by atoms with Crippen molar-refractivity contribution in [2.75, 3.05) is 16.5 Å². The van der Waals surface area contributed by atoms with Gasteiger partial charge in [-0.05, 0) is 124 Å². The van der Waals surface area contributed by atoms with E-state index >= 15 is 0 Å². The summed E-state index contributed by atoms with van der Waals surface area (Å²) in [4.78, 5) is 14.4. The van der Waals surface area contributed by atoms with Gasteiger partial charge in [-0.1, -0.05) is 137 Å². The van der Waals surface area contributed by atoms with Gasteiger partial charge in [0.1, 0.15) is 12.4 Å². The summed E-state index contributed by atoms with van der Waals surface area (Å²) in [6.07, 6.45) is 23.6.